The third-order valence-electron chi connectivity index (χ3n) is 3.19. The fourth-order valence-electron chi connectivity index (χ4n) is 2.31. The first-order chi connectivity index (χ1) is 9.45. The first-order valence-electron chi connectivity index (χ1n) is 6.48. The summed E-state index contributed by atoms with van der Waals surface area (Å²) in [6.07, 6.45) is 0. The molecule has 0 heterocycles. The van der Waals surface area contributed by atoms with Gasteiger partial charge in [0.15, 0.2) is 0 Å². The zero-order valence-corrected chi connectivity index (χ0v) is 12.7. The van der Waals surface area contributed by atoms with Crippen LogP contribution in [0.25, 0.3) is 0 Å². The Kier molecular flexibility index (Phi) is 7.52. The van der Waals surface area contributed by atoms with E-state index in [0.717, 1.165) is 0 Å². The number of hydrogen-bond donors (Lipinski definition) is 0. The van der Waals surface area contributed by atoms with E-state index in [9.17, 15) is 0 Å². The van der Waals surface area contributed by atoms with Crippen LogP contribution in [0, 0.1) is 5.92 Å². The van der Waals surface area contributed by atoms with Gasteiger partial charge in [0.25, 0.3) is 0 Å². The molecule has 0 N–H and O–H groups in total. The van der Waals surface area contributed by atoms with Crippen molar-refractivity contribution >= 4 is 0 Å². The zero-order chi connectivity index (χ0) is 12.9. The Morgan fingerprint density at radius 1 is 0.429 bits per heavy atom. The van der Waals surface area contributed by atoms with E-state index >= 15 is 0 Å². The minimum Gasteiger partial charge on any atom is -1.00 e. The molecule has 0 fully saturated rings. The molecule has 0 spiro atoms. The largest absolute Gasteiger partial charge is 1.00 e. The van der Waals surface area contributed by atoms with Gasteiger partial charge >= 0.3 is 37.7 Å². The molecule has 0 unspecified atom stereocenters. The van der Waals surface area contributed by atoms with Gasteiger partial charge in [0, 0.05) is 0 Å². The Morgan fingerprint density at radius 2 is 0.667 bits per heavy atom. The fraction of sp³-hybridized carbons (Fsp3) is 0. The van der Waals surface area contributed by atoms with Gasteiger partial charge in [0.05, 0.1) is 0 Å². The Bertz CT molecular complexity index is 533. The Balaban J connectivity index is 0.00000147. The maximum Gasteiger partial charge on any atom is 1.00 e. The quantitative estimate of drug-likeness (QED) is 0.315. The molecule has 0 radical (unpaired) electrons. The van der Waals surface area contributed by atoms with Gasteiger partial charge in [0.1, 0.15) is 0 Å². The SMILES string of the molecule is [H-].[Li+].[Li+].c1ccc([C-](c2ccccc2)c2ccccc2)cc1. The smallest absolute Gasteiger partial charge is 1.00 e. The Labute approximate surface area is 152 Å². The second-order valence-electron chi connectivity index (χ2n) is 4.47. The van der Waals surface area contributed by atoms with Crippen LogP contribution >= 0.6 is 0 Å². The summed E-state index contributed by atoms with van der Waals surface area (Å²) in [6.45, 7) is 0. The zero-order valence-electron chi connectivity index (χ0n) is 13.7. The van der Waals surface area contributed by atoms with Gasteiger partial charge in [-0.15, -0.1) is 0 Å². The normalized spacial score (nSPS) is 9.14. The Morgan fingerprint density at radius 3 is 0.905 bits per heavy atom. The molecule has 2 heteroatoms. The fourth-order valence-corrected chi connectivity index (χ4v) is 2.31. The van der Waals surface area contributed by atoms with Gasteiger partial charge in [-0.05, 0) is 0 Å². The molecule has 0 aliphatic rings. The molecular formula is C19H16Li2. The maximum absolute atomic E-state index is 2.16. The molecular weight excluding hydrogens is 242 g/mol. The van der Waals surface area contributed by atoms with E-state index in [-0.39, 0.29) is 39.1 Å². The molecule has 0 nitrogen and oxygen atoms in total. The summed E-state index contributed by atoms with van der Waals surface area (Å²) in [5.41, 5.74) is 3.75. The average molecular weight is 258 g/mol. The van der Waals surface area contributed by atoms with Crippen molar-refractivity contribution in [3.63, 3.8) is 0 Å². The summed E-state index contributed by atoms with van der Waals surface area (Å²) in [5.74, 6) is 1.28. The third-order valence-corrected chi connectivity index (χ3v) is 3.19. The van der Waals surface area contributed by atoms with Gasteiger partial charge in [-0.3, -0.25) is 0 Å². The summed E-state index contributed by atoms with van der Waals surface area (Å²) in [6, 6.07) is 31.6. The van der Waals surface area contributed by atoms with Crippen LogP contribution < -0.4 is 37.7 Å². The van der Waals surface area contributed by atoms with Crippen LogP contribution in [0.15, 0.2) is 91.0 Å². The van der Waals surface area contributed by atoms with Gasteiger partial charge < -0.3 is 1.43 Å². The van der Waals surface area contributed by atoms with Gasteiger partial charge in [-0.1, -0.05) is 114 Å². The summed E-state index contributed by atoms with van der Waals surface area (Å²) in [4.78, 5) is 0. The van der Waals surface area contributed by atoms with Gasteiger partial charge in [0.2, 0.25) is 0 Å². The molecule has 21 heavy (non-hydrogen) atoms. The molecule has 0 aliphatic heterocycles. The molecule has 3 aromatic carbocycles. The average Bonchev–Trinajstić information content (AvgIpc) is 2.51. The maximum atomic E-state index is 2.16. The van der Waals surface area contributed by atoms with Crippen molar-refractivity contribution in [1.29, 1.82) is 0 Å². The summed E-state index contributed by atoms with van der Waals surface area (Å²) in [7, 11) is 0. The Hall–Kier alpha value is -1.28. The molecule has 0 bridgehead atoms. The van der Waals surface area contributed by atoms with Crippen LogP contribution in [0.5, 0.6) is 0 Å². The molecule has 0 amide bonds. The van der Waals surface area contributed by atoms with E-state index in [1.807, 2.05) is 0 Å². The van der Waals surface area contributed by atoms with E-state index in [2.05, 4.69) is 91.0 Å². The van der Waals surface area contributed by atoms with E-state index < -0.39 is 0 Å². The monoisotopic (exact) mass is 258 g/mol. The standard InChI is InChI=1S/C19H15.2Li.H/c1-4-10-16(11-5-1)19(17-12-6-2-7-13-17)18-14-8-3-9-15-18;;;/h1-15H;;;/q-1;2*+1;-1. The van der Waals surface area contributed by atoms with Crippen LogP contribution in [0.4, 0.5) is 0 Å². The molecule has 0 saturated carbocycles. The summed E-state index contributed by atoms with van der Waals surface area (Å²) < 4.78 is 0. The molecule has 0 saturated heterocycles. The third kappa shape index (κ3) is 4.34. The molecule has 0 atom stereocenters. The predicted octanol–water partition coefficient (Wildman–Crippen LogP) is -1.17. The van der Waals surface area contributed by atoms with Crippen LogP contribution in [-0.4, -0.2) is 0 Å². The van der Waals surface area contributed by atoms with Gasteiger partial charge in [-0.2, -0.15) is 0 Å². The van der Waals surface area contributed by atoms with E-state index in [0.29, 0.717) is 0 Å². The van der Waals surface area contributed by atoms with Crippen molar-refractivity contribution in [2.45, 2.75) is 0 Å². The molecule has 3 aromatic rings. The first-order valence-corrected chi connectivity index (χ1v) is 6.48. The van der Waals surface area contributed by atoms with Crippen molar-refractivity contribution in [3.05, 3.63) is 114 Å². The van der Waals surface area contributed by atoms with Crippen LogP contribution in [-0.2, 0) is 0 Å². The summed E-state index contributed by atoms with van der Waals surface area (Å²) in [5, 5.41) is 0. The summed E-state index contributed by atoms with van der Waals surface area (Å²) >= 11 is 0. The molecule has 0 aromatic heterocycles. The first kappa shape index (κ1) is 17.8. The van der Waals surface area contributed by atoms with Crippen molar-refractivity contribution in [3.8, 4) is 0 Å². The number of rotatable bonds is 3. The van der Waals surface area contributed by atoms with Crippen molar-refractivity contribution in [2.24, 2.45) is 0 Å². The van der Waals surface area contributed by atoms with Gasteiger partial charge in [-0.25, -0.2) is 0 Å². The second-order valence-corrected chi connectivity index (χ2v) is 4.47. The van der Waals surface area contributed by atoms with Crippen molar-refractivity contribution in [2.75, 3.05) is 0 Å². The predicted molar refractivity (Wildman–Crippen MR) is 81.0 cm³/mol. The topological polar surface area (TPSA) is 0 Å². The number of hydrogen-bond acceptors (Lipinski definition) is 0. The van der Waals surface area contributed by atoms with E-state index in [4.69, 9.17) is 0 Å². The van der Waals surface area contributed by atoms with E-state index in [1.54, 1.807) is 0 Å². The van der Waals surface area contributed by atoms with Crippen LogP contribution in [0.3, 0.4) is 0 Å². The van der Waals surface area contributed by atoms with Crippen molar-refractivity contribution < 1.29 is 39.1 Å². The van der Waals surface area contributed by atoms with E-state index in [1.165, 1.54) is 22.6 Å². The minimum absolute atomic E-state index is 0. The number of benzene rings is 3. The molecule has 94 valence electrons. The van der Waals surface area contributed by atoms with Crippen molar-refractivity contribution in [1.82, 2.24) is 0 Å². The molecule has 0 aliphatic carbocycles. The minimum atomic E-state index is 0. The molecule has 3 rings (SSSR count). The van der Waals surface area contributed by atoms with Crippen LogP contribution in [0.1, 0.15) is 18.1 Å². The second kappa shape index (κ2) is 8.89. The van der Waals surface area contributed by atoms with Crippen LogP contribution in [0.2, 0.25) is 0 Å².